The lowest BCUT2D eigenvalue weighted by Gasteiger charge is -1.97. The maximum atomic E-state index is 12.7. The Morgan fingerprint density at radius 2 is 2.27 bits per heavy atom. The van der Waals surface area contributed by atoms with Crippen LogP contribution in [0.5, 0.6) is 0 Å². The van der Waals surface area contributed by atoms with E-state index in [9.17, 15) is 9.18 Å². The number of rotatable bonds is 2. The van der Waals surface area contributed by atoms with Crippen LogP contribution in [0.1, 0.15) is 10.4 Å². The van der Waals surface area contributed by atoms with Gasteiger partial charge in [-0.25, -0.2) is 4.39 Å². The summed E-state index contributed by atoms with van der Waals surface area (Å²) in [4.78, 5) is 11.1. The van der Waals surface area contributed by atoms with E-state index in [2.05, 4.69) is 0 Å². The van der Waals surface area contributed by atoms with E-state index < -0.39 is 5.82 Å². The summed E-state index contributed by atoms with van der Waals surface area (Å²) in [6, 6.07) is 4.48. The third kappa shape index (κ3) is 1.80. The average Bonchev–Trinajstić information content (AvgIpc) is 2.05. The fourth-order valence-corrected chi connectivity index (χ4v) is 1.19. The van der Waals surface area contributed by atoms with E-state index in [0.717, 1.165) is 4.90 Å². The molecule has 0 radical (unpaired) electrons. The van der Waals surface area contributed by atoms with E-state index in [-0.39, 0.29) is 5.56 Å². The molecule has 58 valence electrons. The number of aldehydes is 1. The minimum absolute atomic E-state index is 0.122. The summed E-state index contributed by atoms with van der Waals surface area (Å²) in [5, 5.41) is 0. The summed E-state index contributed by atoms with van der Waals surface area (Å²) >= 11 is 1.48. The highest BCUT2D eigenvalue weighted by molar-refractivity contribution is 7.98. The zero-order valence-corrected chi connectivity index (χ0v) is 6.82. The Morgan fingerprint density at radius 3 is 2.82 bits per heavy atom. The smallest absolute Gasteiger partial charge is 0.153 e. The first-order valence-corrected chi connectivity index (χ1v) is 4.29. The molecule has 11 heavy (non-hydrogen) atoms. The highest BCUT2D eigenvalue weighted by Crippen LogP contribution is 2.17. The summed E-state index contributed by atoms with van der Waals surface area (Å²) in [7, 11) is 0. The number of hydrogen-bond acceptors (Lipinski definition) is 2. The van der Waals surface area contributed by atoms with E-state index >= 15 is 0 Å². The van der Waals surface area contributed by atoms with Crippen LogP contribution in [0.2, 0.25) is 0 Å². The van der Waals surface area contributed by atoms with Crippen LogP contribution in [0, 0.1) is 5.82 Å². The molecule has 0 heterocycles. The fraction of sp³-hybridized carbons (Fsp3) is 0.125. The molecule has 0 amide bonds. The summed E-state index contributed by atoms with van der Waals surface area (Å²) in [6.07, 6.45) is 2.40. The van der Waals surface area contributed by atoms with Gasteiger partial charge in [0.15, 0.2) is 6.29 Å². The van der Waals surface area contributed by atoms with Gasteiger partial charge in [-0.05, 0) is 24.5 Å². The van der Waals surface area contributed by atoms with Crippen molar-refractivity contribution in [2.75, 3.05) is 6.26 Å². The zero-order chi connectivity index (χ0) is 8.27. The van der Waals surface area contributed by atoms with Gasteiger partial charge in [0.1, 0.15) is 5.82 Å². The average molecular weight is 170 g/mol. The highest BCUT2D eigenvalue weighted by Gasteiger charge is 2.00. The molecule has 0 fully saturated rings. The minimum Gasteiger partial charge on any atom is -0.298 e. The van der Waals surface area contributed by atoms with Crippen LogP contribution in [0.15, 0.2) is 23.1 Å². The maximum absolute atomic E-state index is 12.7. The molecule has 0 bridgehead atoms. The molecule has 0 atom stereocenters. The molecule has 3 heteroatoms. The molecular weight excluding hydrogens is 163 g/mol. The van der Waals surface area contributed by atoms with Crippen LogP contribution in [0.3, 0.4) is 0 Å². The van der Waals surface area contributed by atoms with Crippen molar-refractivity contribution in [3.05, 3.63) is 29.6 Å². The van der Waals surface area contributed by atoms with Crippen molar-refractivity contribution in [1.29, 1.82) is 0 Å². The molecule has 0 aromatic heterocycles. The highest BCUT2D eigenvalue weighted by atomic mass is 32.2. The molecule has 0 spiro atoms. The second-order valence-corrected chi connectivity index (χ2v) is 2.88. The molecule has 0 aliphatic heterocycles. The van der Waals surface area contributed by atoms with Crippen molar-refractivity contribution in [2.24, 2.45) is 0 Å². The second-order valence-electron chi connectivity index (χ2n) is 2.01. The van der Waals surface area contributed by atoms with Crippen LogP contribution in [-0.4, -0.2) is 12.5 Å². The lowest BCUT2D eigenvalue weighted by Crippen LogP contribution is -1.86. The molecule has 0 aliphatic rings. The SMILES string of the molecule is CSc1ccc(F)c(C=O)c1. The normalized spacial score (nSPS) is 9.64. The predicted molar refractivity (Wildman–Crippen MR) is 43.6 cm³/mol. The predicted octanol–water partition coefficient (Wildman–Crippen LogP) is 2.36. The Balaban J connectivity index is 3.12. The number of thioether (sulfide) groups is 1. The Labute approximate surface area is 68.6 Å². The van der Waals surface area contributed by atoms with Crippen molar-refractivity contribution in [3.63, 3.8) is 0 Å². The molecule has 0 unspecified atom stereocenters. The molecule has 1 aromatic carbocycles. The first-order valence-electron chi connectivity index (χ1n) is 3.06. The van der Waals surface area contributed by atoms with Crippen molar-refractivity contribution >= 4 is 18.0 Å². The Bertz CT molecular complexity index is 273. The van der Waals surface area contributed by atoms with Gasteiger partial charge in [-0.15, -0.1) is 11.8 Å². The summed E-state index contributed by atoms with van der Waals surface area (Å²) in [6.45, 7) is 0. The molecule has 0 N–H and O–H groups in total. The number of hydrogen-bond donors (Lipinski definition) is 0. The van der Waals surface area contributed by atoms with Crippen molar-refractivity contribution in [3.8, 4) is 0 Å². The maximum Gasteiger partial charge on any atom is 0.153 e. The van der Waals surface area contributed by atoms with E-state index in [0.29, 0.717) is 6.29 Å². The summed E-state index contributed by atoms with van der Waals surface area (Å²) in [5.41, 5.74) is 0.122. The second kappa shape index (κ2) is 3.53. The molecular formula is C8H7FOS. The summed E-state index contributed by atoms with van der Waals surface area (Å²) < 4.78 is 12.7. The Morgan fingerprint density at radius 1 is 1.55 bits per heavy atom. The van der Waals surface area contributed by atoms with E-state index in [1.807, 2.05) is 6.26 Å². The summed E-state index contributed by atoms with van der Waals surface area (Å²) in [5.74, 6) is -0.460. The Kier molecular flexibility index (Phi) is 2.65. The molecule has 0 saturated heterocycles. The van der Waals surface area contributed by atoms with Crippen LogP contribution in [-0.2, 0) is 0 Å². The third-order valence-corrected chi connectivity index (χ3v) is 2.06. The zero-order valence-electron chi connectivity index (χ0n) is 6.00. The molecule has 1 aromatic rings. The van der Waals surface area contributed by atoms with Gasteiger partial charge in [-0.2, -0.15) is 0 Å². The first-order chi connectivity index (χ1) is 5.27. The van der Waals surface area contributed by atoms with Gasteiger partial charge < -0.3 is 0 Å². The van der Waals surface area contributed by atoms with Gasteiger partial charge in [-0.3, -0.25) is 4.79 Å². The van der Waals surface area contributed by atoms with Gasteiger partial charge in [0, 0.05) is 4.90 Å². The minimum atomic E-state index is -0.460. The quantitative estimate of drug-likeness (QED) is 0.500. The van der Waals surface area contributed by atoms with E-state index in [1.165, 1.54) is 23.9 Å². The van der Waals surface area contributed by atoms with Crippen LogP contribution in [0.25, 0.3) is 0 Å². The standard InChI is InChI=1S/C8H7FOS/c1-11-7-2-3-8(9)6(4-7)5-10/h2-5H,1H3. The Hall–Kier alpha value is -0.830. The van der Waals surface area contributed by atoms with E-state index in [1.54, 1.807) is 6.07 Å². The van der Waals surface area contributed by atoms with Crippen LogP contribution >= 0.6 is 11.8 Å². The van der Waals surface area contributed by atoms with Crippen molar-refractivity contribution < 1.29 is 9.18 Å². The molecule has 1 nitrogen and oxygen atoms in total. The van der Waals surface area contributed by atoms with E-state index in [4.69, 9.17) is 0 Å². The third-order valence-electron chi connectivity index (χ3n) is 1.33. The van der Waals surface area contributed by atoms with Crippen LogP contribution in [0.4, 0.5) is 4.39 Å². The number of halogens is 1. The molecule has 0 aliphatic carbocycles. The lowest BCUT2D eigenvalue weighted by atomic mass is 10.2. The number of carbonyl (C=O) groups is 1. The van der Waals surface area contributed by atoms with Gasteiger partial charge in [0.2, 0.25) is 0 Å². The molecule has 1 rings (SSSR count). The van der Waals surface area contributed by atoms with Gasteiger partial charge in [-0.1, -0.05) is 0 Å². The molecule has 0 saturated carbocycles. The van der Waals surface area contributed by atoms with Gasteiger partial charge in [0.25, 0.3) is 0 Å². The van der Waals surface area contributed by atoms with Crippen molar-refractivity contribution in [2.45, 2.75) is 4.90 Å². The fourth-order valence-electron chi connectivity index (χ4n) is 0.739. The monoisotopic (exact) mass is 170 g/mol. The topological polar surface area (TPSA) is 17.1 Å². The first kappa shape index (κ1) is 8.27. The largest absolute Gasteiger partial charge is 0.298 e. The number of benzene rings is 1. The van der Waals surface area contributed by atoms with Crippen molar-refractivity contribution in [1.82, 2.24) is 0 Å². The lowest BCUT2D eigenvalue weighted by molar-refractivity contribution is 0.111. The van der Waals surface area contributed by atoms with Gasteiger partial charge in [0.05, 0.1) is 5.56 Å². The number of carbonyl (C=O) groups excluding carboxylic acids is 1. The van der Waals surface area contributed by atoms with Crippen LogP contribution < -0.4 is 0 Å². The van der Waals surface area contributed by atoms with Gasteiger partial charge >= 0.3 is 0 Å².